The summed E-state index contributed by atoms with van der Waals surface area (Å²) in [6.45, 7) is 12.7. The van der Waals surface area contributed by atoms with Gasteiger partial charge in [0, 0.05) is 31.0 Å². The Balaban J connectivity index is 2.11. The van der Waals surface area contributed by atoms with Crippen molar-refractivity contribution in [2.24, 2.45) is 5.92 Å². The first-order valence-corrected chi connectivity index (χ1v) is 9.22. The van der Waals surface area contributed by atoms with E-state index < -0.39 is 5.60 Å². The molecule has 0 bridgehead atoms. The second-order valence-corrected chi connectivity index (χ2v) is 7.23. The monoisotopic (exact) mass is 306 g/mol. The Labute approximate surface area is 137 Å². The predicted molar refractivity (Wildman–Crippen MR) is 92.7 cm³/mol. The van der Waals surface area contributed by atoms with Crippen LogP contribution >= 0.6 is 0 Å². The summed E-state index contributed by atoms with van der Waals surface area (Å²) in [7, 11) is 0. The topological polar surface area (TPSA) is 26.7 Å². The third-order valence-electron chi connectivity index (χ3n) is 5.69. The van der Waals surface area contributed by atoms with E-state index in [1.807, 2.05) is 0 Å². The number of aliphatic hydroxyl groups is 1. The van der Waals surface area contributed by atoms with E-state index in [0.717, 1.165) is 39.0 Å². The van der Waals surface area contributed by atoms with E-state index in [0.29, 0.717) is 18.0 Å². The van der Waals surface area contributed by atoms with E-state index in [9.17, 15) is 5.11 Å². The third-order valence-corrected chi connectivity index (χ3v) is 5.69. The summed E-state index contributed by atoms with van der Waals surface area (Å²) < 4.78 is 0. The lowest BCUT2D eigenvalue weighted by Gasteiger charge is -2.52. The highest BCUT2D eigenvalue weighted by Crippen LogP contribution is 2.41. The van der Waals surface area contributed by atoms with Gasteiger partial charge >= 0.3 is 0 Å². The summed E-state index contributed by atoms with van der Waals surface area (Å²) in [6, 6.07) is 1.09. The van der Waals surface area contributed by atoms with Gasteiger partial charge in [-0.3, -0.25) is 9.80 Å². The van der Waals surface area contributed by atoms with E-state index in [-0.39, 0.29) is 0 Å². The maximum absolute atomic E-state index is 11.2. The molecule has 3 heteroatoms. The second-order valence-electron chi connectivity index (χ2n) is 7.23. The molecule has 1 saturated carbocycles. The van der Waals surface area contributed by atoms with Gasteiger partial charge in [0.1, 0.15) is 5.60 Å². The highest BCUT2D eigenvalue weighted by Gasteiger charge is 2.47. The first kappa shape index (κ1) is 17.8. The maximum Gasteiger partial charge on any atom is 0.131 e. The number of hydrogen-bond acceptors (Lipinski definition) is 3. The molecule has 2 fully saturated rings. The molecule has 1 aliphatic heterocycles. The van der Waals surface area contributed by atoms with Crippen molar-refractivity contribution in [1.82, 2.24) is 9.80 Å². The Morgan fingerprint density at radius 3 is 2.55 bits per heavy atom. The highest BCUT2D eigenvalue weighted by atomic mass is 16.3. The van der Waals surface area contributed by atoms with Gasteiger partial charge in [0.25, 0.3) is 0 Å². The number of likely N-dealkylation sites (tertiary alicyclic amines) is 1. The lowest BCUT2D eigenvalue weighted by molar-refractivity contribution is -0.0871. The third kappa shape index (κ3) is 3.85. The van der Waals surface area contributed by atoms with Crippen LogP contribution in [0.4, 0.5) is 0 Å². The summed E-state index contributed by atoms with van der Waals surface area (Å²) in [5, 5.41) is 11.2. The number of hydrogen-bond donors (Lipinski definition) is 1. The summed E-state index contributed by atoms with van der Waals surface area (Å²) in [4.78, 5) is 4.91. The van der Waals surface area contributed by atoms with Crippen molar-refractivity contribution in [3.8, 4) is 11.8 Å². The highest BCUT2D eigenvalue weighted by molar-refractivity contribution is 5.21. The molecule has 0 amide bonds. The zero-order valence-corrected chi connectivity index (χ0v) is 14.9. The van der Waals surface area contributed by atoms with Crippen molar-refractivity contribution >= 4 is 0 Å². The molecule has 0 radical (unpaired) electrons. The molecule has 0 aromatic carbocycles. The molecule has 22 heavy (non-hydrogen) atoms. The number of rotatable bonds is 4. The van der Waals surface area contributed by atoms with Crippen molar-refractivity contribution in [1.29, 1.82) is 0 Å². The van der Waals surface area contributed by atoms with Gasteiger partial charge in [-0.25, -0.2) is 0 Å². The first-order valence-electron chi connectivity index (χ1n) is 9.22. The molecule has 1 saturated heterocycles. The fraction of sp³-hybridized carbons (Fsp3) is 0.895. The van der Waals surface area contributed by atoms with Crippen molar-refractivity contribution in [3.05, 3.63) is 0 Å². The Morgan fingerprint density at radius 2 is 1.91 bits per heavy atom. The molecule has 1 aliphatic carbocycles. The van der Waals surface area contributed by atoms with Crippen LogP contribution in [0.25, 0.3) is 0 Å². The van der Waals surface area contributed by atoms with Crippen LogP contribution in [0.15, 0.2) is 0 Å². The summed E-state index contributed by atoms with van der Waals surface area (Å²) in [5.41, 5.74) is -0.760. The first-order chi connectivity index (χ1) is 10.5. The zero-order valence-electron chi connectivity index (χ0n) is 14.9. The van der Waals surface area contributed by atoms with Crippen LogP contribution in [0.5, 0.6) is 0 Å². The summed E-state index contributed by atoms with van der Waals surface area (Å²) in [5.74, 6) is 6.91. The molecule has 0 unspecified atom stereocenters. The van der Waals surface area contributed by atoms with E-state index in [4.69, 9.17) is 0 Å². The van der Waals surface area contributed by atoms with Gasteiger partial charge in [0.05, 0.1) is 6.54 Å². The lowest BCUT2D eigenvalue weighted by Crippen LogP contribution is -2.60. The van der Waals surface area contributed by atoms with Crippen molar-refractivity contribution < 1.29 is 5.11 Å². The summed E-state index contributed by atoms with van der Waals surface area (Å²) >= 11 is 0. The number of piperidine rings is 1. The van der Waals surface area contributed by atoms with Crippen LogP contribution in [0.1, 0.15) is 59.8 Å². The molecule has 0 aromatic heterocycles. The van der Waals surface area contributed by atoms with Crippen LogP contribution < -0.4 is 0 Å². The molecular formula is C19H34N2O. The minimum Gasteiger partial charge on any atom is -0.377 e. The lowest BCUT2D eigenvalue weighted by atomic mass is 9.69. The maximum atomic E-state index is 11.2. The normalized spacial score (nSPS) is 32.7. The van der Waals surface area contributed by atoms with Gasteiger partial charge in [0.15, 0.2) is 0 Å². The average molecular weight is 306 g/mol. The Hall–Kier alpha value is -0.560. The van der Waals surface area contributed by atoms with Gasteiger partial charge in [-0.1, -0.05) is 38.5 Å². The van der Waals surface area contributed by atoms with E-state index in [2.05, 4.69) is 49.3 Å². The smallest absolute Gasteiger partial charge is 0.131 e. The minimum atomic E-state index is -0.760. The molecule has 126 valence electrons. The average Bonchev–Trinajstić information content (AvgIpc) is 2.52. The standard InChI is InChI=1S/C19H34N2O/c1-5-20(6-2)14-9-12-19(22)13-15-21(16(3)4)18-11-8-7-10-17(18)19/h16-18,22H,5-8,10-11,13-15H2,1-4H3/t17-,18-,19+/m0/s1. The Kier molecular flexibility index (Phi) is 6.32. The van der Waals surface area contributed by atoms with Gasteiger partial charge in [-0.05, 0) is 39.8 Å². The molecule has 0 spiro atoms. The van der Waals surface area contributed by atoms with Gasteiger partial charge in [-0.15, -0.1) is 0 Å². The number of nitrogens with zero attached hydrogens (tertiary/aromatic N) is 2. The van der Waals surface area contributed by atoms with E-state index >= 15 is 0 Å². The fourth-order valence-electron chi connectivity index (χ4n) is 4.26. The second kappa shape index (κ2) is 7.81. The Morgan fingerprint density at radius 1 is 1.23 bits per heavy atom. The van der Waals surface area contributed by atoms with Gasteiger partial charge < -0.3 is 5.11 Å². The van der Waals surface area contributed by atoms with Crippen LogP contribution in [0.2, 0.25) is 0 Å². The zero-order chi connectivity index (χ0) is 16.2. The van der Waals surface area contributed by atoms with Crippen molar-refractivity contribution in [2.45, 2.75) is 77.5 Å². The predicted octanol–water partition coefficient (Wildman–Crippen LogP) is 2.74. The van der Waals surface area contributed by atoms with Crippen LogP contribution in [-0.2, 0) is 0 Å². The molecule has 3 nitrogen and oxygen atoms in total. The van der Waals surface area contributed by atoms with Crippen LogP contribution in [-0.4, -0.2) is 58.8 Å². The van der Waals surface area contributed by atoms with Gasteiger partial charge in [0.2, 0.25) is 0 Å². The van der Waals surface area contributed by atoms with E-state index in [1.165, 1.54) is 19.3 Å². The molecule has 1 N–H and O–H groups in total. The molecule has 1 heterocycles. The minimum absolute atomic E-state index is 0.335. The molecular weight excluding hydrogens is 272 g/mol. The Bertz CT molecular complexity index is 407. The molecule has 2 rings (SSSR count). The molecule has 2 aliphatic rings. The van der Waals surface area contributed by atoms with Crippen LogP contribution in [0.3, 0.4) is 0 Å². The van der Waals surface area contributed by atoms with Crippen LogP contribution in [0, 0.1) is 17.8 Å². The summed E-state index contributed by atoms with van der Waals surface area (Å²) in [6.07, 6.45) is 5.70. The molecule has 0 aromatic rings. The van der Waals surface area contributed by atoms with Crippen molar-refractivity contribution in [2.75, 3.05) is 26.2 Å². The number of fused-ring (bicyclic) bond motifs is 1. The fourth-order valence-corrected chi connectivity index (χ4v) is 4.26. The van der Waals surface area contributed by atoms with E-state index in [1.54, 1.807) is 0 Å². The van der Waals surface area contributed by atoms with Gasteiger partial charge in [-0.2, -0.15) is 0 Å². The quantitative estimate of drug-likeness (QED) is 0.809. The van der Waals surface area contributed by atoms with Crippen molar-refractivity contribution in [3.63, 3.8) is 0 Å². The SMILES string of the molecule is CCN(CC)CC#C[C@@]1(O)CCN(C(C)C)[C@H]2CCCC[C@@H]21. The largest absolute Gasteiger partial charge is 0.377 e. The molecule has 3 atom stereocenters.